The summed E-state index contributed by atoms with van der Waals surface area (Å²) in [7, 11) is 0. The minimum absolute atomic E-state index is 0.0870. The van der Waals surface area contributed by atoms with E-state index in [0.717, 1.165) is 11.1 Å². The van der Waals surface area contributed by atoms with E-state index in [2.05, 4.69) is 10.2 Å². The Balaban J connectivity index is 1.41. The van der Waals surface area contributed by atoms with E-state index in [1.54, 1.807) is 0 Å². The van der Waals surface area contributed by atoms with Crippen molar-refractivity contribution in [3.05, 3.63) is 68.7 Å². The van der Waals surface area contributed by atoms with Gasteiger partial charge < -0.3 is 8.83 Å². The fourth-order valence-corrected chi connectivity index (χ4v) is 3.63. The van der Waals surface area contributed by atoms with Crippen molar-refractivity contribution in [3.63, 3.8) is 0 Å². The van der Waals surface area contributed by atoms with Gasteiger partial charge in [0.05, 0.1) is 10.4 Å². The maximum Gasteiger partial charge on any atom is 0.419 e. The molecule has 9 nitrogen and oxygen atoms in total. The number of benzene rings is 2. The normalized spacial score (nSPS) is 11.2. The van der Waals surface area contributed by atoms with Crippen LogP contribution in [0.3, 0.4) is 0 Å². The minimum Gasteiger partial charge on any atom is -0.411 e. The zero-order valence-corrected chi connectivity index (χ0v) is 16.2. The van der Waals surface area contributed by atoms with Crippen molar-refractivity contribution in [2.45, 2.75) is 25.1 Å². The molecule has 10 heteroatoms. The fourth-order valence-electron chi connectivity index (χ4n) is 2.95. The summed E-state index contributed by atoms with van der Waals surface area (Å²) >= 11 is 1.39. The maximum atomic E-state index is 12.1. The van der Waals surface area contributed by atoms with Crippen molar-refractivity contribution in [2.75, 3.05) is 5.75 Å². The quantitative estimate of drug-likeness (QED) is 0.193. The average molecular weight is 412 g/mol. The highest BCUT2D eigenvalue weighted by Gasteiger charge is 2.15. The molecule has 0 aliphatic heterocycles. The first-order valence-electron chi connectivity index (χ1n) is 8.83. The fraction of sp³-hybridized carbons (Fsp3) is 0.211. The molecule has 0 aliphatic carbocycles. The highest BCUT2D eigenvalue weighted by atomic mass is 32.2. The molecule has 0 amide bonds. The second-order valence-electron chi connectivity index (χ2n) is 6.32. The van der Waals surface area contributed by atoms with Crippen LogP contribution in [-0.4, -0.2) is 25.4 Å². The van der Waals surface area contributed by atoms with Gasteiger partial charge in [-0.25, -0.2) is 4.79 Å². The second kappa shape index (κ2) is 7.92. The zero-order valence-electron chi connectivity index (χ0n) is 15.4. The summed E-state index contributed by atoms with van der Waals surface area (Å²) in [5, 5.41) is 19.6. The monoisotopic (exact) mass is 412 g/mol. The smallest absolute Gasteiger partial charge is 0.411 e. The van der Waals surface area contributed by atoms with Crippen molar-refractivity contribution in [3.8, 4) is 11.5 Å². The molecule has 148 valence electrons. The lowest BCUT2D eigenvalue weighted by molar-refractivity contribution is -0.384. The van der Waals surface area contributed by atoms with Gasteiger partial charge in [-0.1, -0.05) is 30.0 Å². The molecule has 0 N–H and O–H groups in total. The molecule has 2 aromatic carbocycles. The lowest BCUT2D eigenvalue weighted by Crippen LogP contribution is -2.14. The van der Waals surface area contributed by atoms with Crippen molar-refractivity contribution in [1.82, 2.24) is 14.8 Å². The van der Waals surface area contributed by atoms with Gasteiger partial charge in [-0.15, -0.1) is 10.2 Å². The Morgan fingerprint density at radius 2 is 2.00 bits per heavy atom. The lowest BCUT2D eigenvalue weighted by Gasteiger charge is -2.01. The molecule has 0 fully saturated rings. The Kier molecular flexibility index (Phi) is 5.17. The zero-order chi connectivity index (χ0) is 20.4. The largest absolute Gasteiger partial charge is 0.419 e. The van der Waals surface area contributed by atoms with Crippen LogP contribution < -0.4 is 5.76 Å². The molecule has 2 heterocycles. The average Bonchev–Trinajstić information content (AvgIpc) is 3.29. The molecule has 0 atom stereocenters. The molecular formula is C19H16N4O5S. The third kappa shape index (κ3) is 3.92. The summed E-state index contributed by atoms with van der Waals surface area (Å²) in [6.07, 6.45) is 0.615. The SMILES string of the molecule is Cc1ccccc1-c1nnc(SCCCn2c(=O)oc3ccc([N+](=O)[O-])cc32)o1. The molecular weight excluding hydrogens is 396 g/mol. The van der Waals surface area contributed by atoms with E-state index in [1.165, 1.54) is 34.5 Å². The predicted octanol–water partition coefficient (Wildman–Crippen LogP) is 4.04. The topological polar surface area (TPSA) is 117 Å². The van der Waals surface area contributed by atoms with Gasteiger partial charge >= 0.3 is 5.76 Å². The van der Waals surface area contributed by atoms with Gasteiger partial charge in [0.15, 0.2) is 5.58 Å². The van der Waals surface area contributed by atoms with Crippen LogP contribution in [-0.2, 0) is 6.54 Å². The van der Waals surface area contributed by atoms with E-state index in [9.17, 15) is 14.9 Å². The van der Waals surface area contributed by atoms with Gasteiger partial charge in [0.25, 0.3) is 10.9 Å². The Morgan fingerprint density at radius 1 is 1.17 bits per heavy atom. The standard InChI is InChI=1S/C19H16N4O5S/c1-12-5-2-3-6-14(12)17-20-21-18(28-17)29-10-4-9-22-15-11-13(23(25)26)7-8-16(15)27-19(22)24/h2-3,5-8,11H,4,9-10H2,1H3. The maximum absolute atomic E-state index is 12.1. The lowest BCUT2D eigenvalue weighted by atomic mass is 10.1. The number of thioether (sulfide) groups is 1. The van der Waals surface area contributed by atoms with E-state index < -0.39 is 10.7 Å². The van der Waals surface area contributed by atoms with E-state index in [-0.39, 0.29) is 5.69 Å². The first kappa shape index (κ1) is 18.9. The van der Waals surface area contributed by atoms with Gasteiger partial charge in [-0.3, -0.25) is 14.7 Å². The third-order valence-electron chi connectivity index (χ3n) is 4.40. The van der Waals surface area contributed by atoms with Gasteiger partial charge in [-0.05, 0) is 31.0 Å². The van der Waals surface area contributed by atoms with Gasteiger partial charge in [0, 0.05) is 30.0 Å². The molecule has 29 heavy (non-hydrogen) atoms. The summed E-state index contributed by atoms with van der Waals surface area (Å²) < 4.78 is 12.3. The third-order valence-corrected chi connectivity index (χ3v) is 5.30. The summed E-state index contributed by atoms with van der Waals surface area (Å²) in [6, 6.07) is 11.9. The summed E-state index contributed by atoms with van der Waals surface area (Å²) in [5.74, 6) is 0.559. The number of non-ortho nitro benzene ring substituents is 1. The van der Waals surface area contributed by atoms with E-state index in [0.29, 0.717) is 40.9 Å². The van der Waals surface area contributed by atoms with Crippen molar-refractivity contribution < 1.29 is 13.8 Å². The molecule has 0 saturated carbocycles. The number of hydrogen-bond donors (Lipinski definition) is 0. The number of rotatable bonds is 7. The van der Waals surface area contributed by atoms with Gasteiger partial charge in [0.1, 0.15) is 0 Å². The Labute approximate surface area is 168 Å². The van der Waals surface area contributed by atoms with E-state index >= 15 is 0 Å². The number of hydrogen-bond acceptors (Lipinski definition) is 8. The summed E-state index contributed by atoms with van der Waals surface area (Å²) in [4.78, 5) is 22.5. The first-order valence-corrected chi connectivity index (χ1v) is 9.81. The number of aromatic nitrogens is 3. The Morgan fingerprint density at radius 3 is 2.79 bits per heavy atom. The summed E-state index contributed by atoms with van der Waals surface area (Å²) in [5.41, 5.74) is 2.59. The molecule has 0 radical (unpaired) electrons. The highest BCUT2D eigenvalue weighted by Crippen LogP contribution is 2.26. The molecule has 0 saturated heterocycles. The van der Waals surface area contributed by atoms with Gasteiger partial charge in [-0.2, -0.15) is 0 Å². The minimum atomic E-state index is -0.537. The number of nitrogens with zero attached hydrogens (tertiary/aromatic N) is 4. The summed E-state index contributed by atoms with van der Waals surface area (Å²) in [6.45, 7) is 2.34. The van der Waals surface area contributed by atoms with Crippen molar-refractivity contribution in [2.24, 2.45) is 0 Å². The first-order chi connectivity index (χ1) is 14.0. The molecule has 0 unspecified atom stereocenters. The predicted molar refractivity (Wildman–Crippen MR) is 107 cm³/mol. The molecule has 0 spiro atoms. The van der Waals surface area contributed by atoms with E-state index in [4.69, 9.17) is 8.83 Å². The number of aryl methyl sites for hydroxylation is 2. The molecule has 4 aromatic rings. The van der Waals surface area contributed by atoms with Crippen LogP contribution in [0.1, 0.15) is 12.0 Å². The van der Waals surface area contributed by atoms with Crippen LogP contribution in [0.4, 0.5) is 5.69 Å². The van der Waals surface area contributed by atoms with Crippen LogP contribution in [0.5, 0.6) is 0 Å². The molecule has 0 aliphatic rings. The van der Waals surface area contributed by atoms with E-state index in [1.807, 2.05) is 31.2 Å². The molecule has 0 bridgehead atoms. The van der Waals surface area contributed by atoms with Crippen molar-refractivity contribution >= 4 is 28.5 Å². The van der Waals surface area contributed by atoms with Crippen LogP contribution >= 0.6 is 11.8 Å². The number of nitro groups is 1. The van der Waals surface area contributed by atoms with Crippen molar-refractivity contribution in [1.29, 1.82) is 0 Å². The van der Waals surface area contributed by atoms with Gasteiger partial charge in [0.2, 0.25) is 5.89 Å². The Bertz CT molecular complexity index is 1240. The molecule has 2 aromatic heterocycles. The second-order valence-corrected chi connectivity index (χ2v) is 7.36. The number of oxazole rings is 1. The van der Waals surface area contributed by atoms with Crippen LogP contribution in [0, 0.1) is 17.0 Å². The Hall–Kier alpha value is -3.40. The highest BCUT2D eigenvalue weighted by molar-refractivity contribution is 7.99. The van der Waals surface area contributed by atoms with Crippen LogP contribution in [0.25, 0.3) is 22.6 Å². The van der Waals surface area contributed by atoms with Crippen LogP contribution in [0.2, 0.25) is 0 Å². The van der Waals surface area contributed by atoms with Crippen LogP contribution in [0.15, 0.2) is 61.3 Å². The molecule has 4 rings (SSSR count). The number of nitro benzene ring substituents is 1. The number of fused-ring (bicyclic) bond motifs is 1.